The molecule has 4 fully saturated rings. The molecule has 2 bridgehead atoms. The molecular weight excluding hydrogens is 450 g/mol. The molecule has 1 unspecified atom stereocenters. The predicted molar refractivity (Wildman–Crippen MR) is 143 cm³/mol. The number of ether oxygens (including phenoxy) is 1. The molecule has 5 heteroatoms. The minimum absolute atomic E-state index is 0.0821. The number of carbonyl (C=O) groups is 1. The van der Waals surface area contributed by atoms with Gasteiger partial charge in [0.1, 0.15) is 5.75 Å². The molecule has 0 amide bonds. The molecule has 0 radical (unpaired) electrons. The second kappa shape index (κ2) is 9.64. The van der Waals surface area contributed by atoms with Crippen LogP contribution >= 0.6 is 0 Å². The van der Waals surface area contributed by atoms with Crippen LogP contribution in [-0.2, 0) is 11.3 Å². The van der Waals surface area contributed by atoms with E-state index in [1.165, 1.54) is 29.2 Å². The molecule has 2 aromatic carbocycles. The average molecular weight is 494 g/mol. The molecule has 0 aliphatic heterocycles. The number of hydrogen-bond acceptors (Lipinski definition) is 4. The zero-order valence-corrected chi connectivity index (χ0v) is 22.2. The Morgan fingerprint density at radius 1 is 1.00 bits per heavy atom. The van der Waals surface area contributed by atoms with E-state index in [1.54, 1.807) is 0 Å². The van der Waals surface area contributed by atoms with E-state index in [4.69, 9.17) is 4.74 Å². The highest BCUT2D eigenvalue weighted by atomic mass is 16.5. The summed E-state index contributed by atoms with van der Waals surface area (Å²) in [4.78, 5) is 11.3. The number of rotatable bonds is 7. The maximum Gasteiger partial charge on any atom is 0.304 e. The molecule has 3 N–H and O–H groups in total. The lowest BCUT2D eigenvalue weighted by Gasteiger charge is -2.56. The van der Waals surface area contributed by atoms with Crippen LogP contribution in [0.25, 0.3) is 10.8 Å². The summed E-state index contributed by atoms with van der Waals surface area (Å²) >= 11 is 0. The minimum Gasteiger partial charge on any atom is -0.490 e. The monoisotopic (exact) mass is 493 g/mol. The first-order valence-electron chi connectivity index (χ1n) is 13.9. The van der Waals surface area contributed by atoms with Gasteiger partial charge in [0, 0.05) is 17.5 Å². The summed E-state index contributed by atoms with van der Waals surface area (Å²) in [5.74, 6) is 0.960. The van der Waals surface area contributed by atoms with Crippen molar-refractivity contribution in [3.05, 3.63) is 42.0 Å². The van der Waals surface area contributed by atoms with Crippen molar-refractivity contribution in [3.63, 3.8) is 0 Å². The summed E-state index contributed by atoms with van der Waals surface area (Å²) in [6, 6.07) is 13.0. The molecular formula is C31H43NO4. The van der Waals surface area contributed by atoms with E-state index < -0.39 is 17.5 Å². The quantitative estimate of drug-likeness (QED) is 0.413. The molecule has 0 heterocycles. The first-order valence-corrected chi connectivity index (χ1v) is 13.9. The smallest absolute Gasteiger partial charge is 0.304 e. The third kappa shape index (κ3) is 5.28. The first-order chi connectivity index (χ1) is 17.1. The van der Waals surface area contributed by atoms with Gasteiger partial charge in [-0.05, 0) is 104 Å². The maximum atomic E-state index is 11.3. The van der Waals surface area contributed by atoms with E-state index in [0.717, 1.165) is 56.7 Å². The van der Waals surface area contributed by atoms with Crippen LogP contribution in [0.4, 0.5) is 0 Å². The molecule has 5 nitrogen and oxygen atoms in total. The fourth-order valence-corrected chi connectivity index (χ4v) is 7.18. The fraction of sp³-hybridized carbons (Fsp3) is 0.645. The van der Waals surface area contributed by atoms with Crippen molar-refractivity contribution in [3.8, 4) is 5.75 Å². The Kier molecular flexibility index (Phi) is 6.84. The van der Waals surface area contributed by atoms with Crippen molar-refractivity contribution in [1.29, 1.82) is 0 Å². The molecule has 2 aromatic rings. The molecule has 4 saturated carbocycles. The Morgan fingerprint density at radius 2 is 1.67 bits per heavy atom. The Labute approximate surface area is 215 Å². The maximum absolute atomic E-state index is 11.3. The van der Waals surface area contributed by atoms with Gasteiger partial charge in [-0.2, -0.15) is 0 Å². The van der Waals surface area contributed by atoms with Gasteiger partial charge in [-0.25, -0.2) is 0 Å². The molecule has 0 aromatic heterocycles. The number of fused-ring (bicyclic) bond motifs is 4. The van der Waals surface area contributed by atoms with Crippen LogP contribution in [0.15, 0.2) is 36.4 Å². The third-order valence-electron chi connectivity index (χ3n) is 9.74. The summed E-state index contributed by atoms with van der Waals surface area (Å²) < 4.78 is 6.38. The van der Waals surface area contributed by atoms with Crippen LogP contribution in [0.5, 0.6) is 5.75 Å². The Morgan fingerprint density at radius 3 is 2.31 bits per heavy atom. The standard InChI is InChI=1S/C31H43NO4/c1-29(2,3)24-7-10-25(11-8-24)36-26-9-6-22-16-21(4-5-23(22)17-26)20-32-31-14-12-30(13-15-31,19-28(34)35)27(33)18-31/h4-6,9,16-17,24-25,27,32-33H,7-8,10-15,18-20H2,1-3H3,(H,34,35)/t24-,25-,27?,30?,31?. The van der Waals surface area contributed by atoms with Gasteiger partial charge in [-0.15, -0.1) is 0 Å². The van der Waals surface area contributed by atoms with E-state index in [0.29, 0.717) is 17.9 Å². The van der Waals surface area contributed by atoms with Gasteiger partial charge in [-0.1, -0.05) is 39.0 Å². The number of carboxylic acids is 1. The van der Waals surface area contributed by atoms with Gasteiger partial charge in [0.05, 0.1) is 18.6 Å². The summed E-state index contributed by atoms with van der Waals surface area (Å²) in [6.45, 7) is 7.81. The van der Waals surface area contributed by atoms with Gasteiger partial charge in [0.25, 0.3) is 0 Å². The van der Waals surface area contributed by atoms with Crippen molar-refractivity contribution in [1.82, 2.24) is 5.32 Å². The summed E-state index contributed by atoms with van der Waals surface area (Å²) in [5, 5.41) is 26.2. The Balaban J connectivity index is 1.18. The number of aliphatic hydroxyl groups is 1. The van der Waals surface area contributed by atoms with Crippen LogP contribution < -0.4 is 10.1 Å². The van der Waals surface area contributed by atoms with Crippen molar-refractivity contribution < 1.29 is 19.7 Å². The average Bonchev–Trinajstić information content (AvgIpc) is 2.83. The van der Waals surface area contributed by atoms with Crippen LogP contribution in [0.1, 0.15) is 90.5 Å². The van der Waals surface area contributed by atoms with Crippen molar-refractivity contribution >= 4 is 16.7 Å². The zero-order chi connectivity index (χ0) is 25.6. The topological polar surface area (TPSA) is 78.8 Å². The molecule has 6 rings (SSSR count). The highest BCUT2D eigenvalue weighted by Gasteiger charge is 2.54. The number of aliphatic hydroxyl groups excluding tert-OH is 1. The van der Waals surface area contributed by atoms with Gasteiger partial charge in [0.2, 0.25) is 0 Å². The van der Waals surface area contributed by atoms with Crippen LogP contribution in [0.2, 0.25) is 0 Å². The highest BCUT2D eigenvalue weighted by molar-refractivity contribution is 5.84. The normalized spacial score (nSPS) is 32.5. The largest absolute Gasteiger partial charge is 0.490 e. The van der Waals surface area contributed by atoms with Gasteiger partial charge in [-0.3, -0.25) is 4.79 Å². The van der Waals surface area contributed by atoms with E-state index in [2.05, 4.69) is 62.5 Å². The van der Waals surface area contributed by atoms with Crippen molar-refractivity contribution in [2.24, 2.45) is 16.7 Å². The van der Waals surface area contributed by atoms with E-state index in [-0.39, 0.29) is 12.0 Å². The van der Waals surface area contributed by atoms with Crippen molar-refractivity contribution in [2.45, 2.75) is 109 Å². The van der Waals surface area contributed by atoms with E-state index in [9.17, 15) is 15.0 Å². The zero-order valence-electron chi connectivity index (χ0n) is 22.2. The molecule has 0 spiro atoms. The number of aliphatic carboxylic acids is 1. The summed E-state index contributed by atoms with van der Waals surface area (Å²) in [6.07, 6.45) is 8.71. The number of hydrogen-bond donors (Lipinski definition) is 3. The second-order valence-corrected chi connectivity index (χ2v) is 13.1. The SMILES string of the molecule is CC(C)(C)[C@H]1CC[C@H](Oc2ccc3cc(CNC45CCC(CC(=O)O)(CC4)C(O)C5)ccc3c2)CC1. The van der Waals surface area contributed by atoms with Gasteiger partial charge in [0.15, 0.2) is 0 Å². The number of carboxylic acid groups (broad SMARTS) is 1. The molecule has 196 valence electrons. The van der Waals surface area contributed by atoms with Crippen LogP contribution in [0.3, 0.4) is 0 Å². The van der Waals surface area contributed by atoms with Gasteiger partial charge >= 0.3 is 5.97 Å². The van der Waals surface area contributed by atoms with Crippen LogP contribution in [-0.4, -0.2) is 33.9 Å². The molecule has 1 atom stereocenters. The summed E-state index contributed by atoms with van der Waals surface area (Å²) in [7, 11) is 0. The Hall–Kier alpha value is -2.11. The van der Waals surface area contributed by atoms with Crippen molar-refractivity contribution in [2.75, 3.05) is 0 Å². The lowest BCUT2D eigenvalue weighted by molar-refractivity contribution is -0.151. The predicted octanol–water partition coefficient (Wildman–Crippen LogP) is 6.45. The van der Waals surface area contributed by atoms with E-state index >= 15 is 0 Å². The lowest BCUT2D eigenvalue weighted by Crippen LogP contribution is -2.60. The van der Waals surface area contributed by atoms with E-state index in [1.807, 2.05) is 0 Å². The first kappa shape index (κ1) is 25.5. The van der Waals surface area contributed by atoms with Gasteiger partial charge < -0.3 is 20.3 Å². The molecule has 4 aliphatic rings. The fourth-order valence-electron chi connectivity index (χ4n) is 7.18. The number of benzene rings is 2. The second-order valence-electron chi connectivity index (χ2n) is 13.1. The highest BCUT2D eigenvalue weighted by Crippen LogP contribution is 2.54. The Bertz CT molecular complexity index is 1090. The molecule has 36 heavy (non-hydrogen) atoms. The molecule has 0 saturated heterocycles. The van der Waals surface area contributed by atoms with Crippen LogP contribution in [0, 0.1) is 16.7 Å². The minimum atomic E-state index is -0.797. The number of nitrogens with one attached hydrogen (secondary N) is 1. The molecule has 4 aliphatic carbocycles. The summed E-state index contributed by atoms with van der Waals surface area (Å²) in [5.41, 5.74) is 1.11. The lowest BCUT2D eigenvalue weighted by atomic mass is 9.54. The third-order valence-corrected chi connectivity index (χ3v) is 9.74.